The number of nitrogens with one attached hydrogen (secondary N) is 2. The van der Waals surface area contributed by atoms with E-state index >= 15 is 0 Å². The fourth-order valence-corrected chi connectivity index (χ4v) is 2.58. The molecule has 1 aromatic rings. The molecule has 0 unspecified atom stereocenters. The Bertz CT molecular complexity index is 401. The summed E-state index contributed by atoms with van der Waals surface area (Å²) < 4.78 is 7.00. The van der Waals surface area contributed by atoms with Crippen molar-refractivity contribution in [2.75, 3.05) is 33.4 Å². The molecule has 1 amide bonds. The summed E-state index contributed by atoms with van der Waals surface area (Å²) >= 11 is 0. The molecule has 1 fully saturated rings. The number of rotatable bonds is 7. The quantitative estimate of drug-likeness (QED) is 0.752. The summed E-state index contributed by atoms with van der Waals surface area (Å²) in [6, 6.07) is 0. The molecule has 1 aromatic heterocycles. The van der Waals surface area contributed by atoms with E-state index in [1.54, 1.807) is 24.2 Å². The van der Waals surface area contributed by atoms with Gasteiger partial charge in [-0.05, 0) is 25.9 Å². The molecule has 1 aliphatic heterocycles. The van der Waals surface area contributed by atoms with Crippen molar-refractivity contribution >= 4 is 18.3 Å². The zero-order valence-corrected chi connectivity index (χ0v) is 13.2. The summed E-state index contributed by atoms with van der Waals surface area (Å²) in [5.74, 6) is 0.0505. The fourth-order valence-electron chi connectivity index (χ4n) is 2.58. The van der Waals surface area contributed by atoms with E-state index in [4.69, 9.17) is 4.74 Å². The minimum absolute atomic E-state index is 0. The number of aryl methyl sites for hydroxylation is 1. The third-order valence-corrected chi connectivity index (χ3v) is 3.82. The lowest BCUT2D eigenvalue weighted by molar-refractivity contribution is -0.122. The van der Waals surface area contributed by atoms with Gasteiger partial charge in [0, 0.05) is 31.7 Å². The Balaban J connectivity index is 0.00000220. The summed E-state index contributed by atoms with van der Waals surface area (Å²) in [4.78, 5) is 11.9. The molecule has 21 heavy (non-hydrogen) atoms. The van der Waals surface area contributed by atoms with E-state index in [0.717, 1.165) is 25.9 Å². The third-order valence-electron chi connectivity index (χ3n) is 3.82. The Morgan fingerprint density at radius 2 is 2.24 bits per heavy atom. The van der Waals surface area contributed by atoms with E-state index < -0.39 is 0 Å². The van der Waals surface area contributed by atoms with Crippen LogP contribution in [0.15, 0.2) is 12.4 Å². The minimum atomic E-state index is 0. The summed E-state index contributed by atoms with van der Waals surface area (Å²) in [5, 5.41) is 13.9. The van der Waals surface area contributed by atoms with Crippen LogP contribution in [0, 0.1) is 5.41 Å². The molecule has 1 aliphatic rings. The van der Waals surface area contributed by atoms with Crippen molar-refractivity contribution in [1.82, 2.24) is 25.6 Å². The van der Waals surface area contributed by atoms with E-state index in [1.807, 2.05) is 0 Å². The number of carbonyl (C=O) groups excluding carboxylic acids is 1. The molecule has 120 valence electrons. The second-order valence-corrected chi connectivity index (χ2v) is 5.38. The van der Waals surface area contributed by atoms with E-state index in [0.29, 0.717) is 26.1 Å². The van der Waals surface area contributed by atoms with E-state index in [1.165, 1.54) is 0 Å². The molecule has 1 saturated heterocycles. The first-order valence-electron chi connectivity index (χ1n) is 7.05. The average Bonchev–Trinajstić information content (AvgIpc) is 2.98. The summed E-state index contributed by atoms with van der Waals surface area (Å²) in [6.07, 6.45) is 5.85. The Morgan fingerprint density at radius 3 is 2.86 bits per heavy atom. The van der Waals surface area contributed by atoms with E-state index in [-0.39, 0.29) is 23.7 Å². The largest absolute Gasteiger partial charge is 0.384 e. The Labute approximate surface area is 131 Å². The Kier molecular flexibility index (Phi) is 7.63. The van der Waals surface area contributed by atoms with Crippen LogP contribution in [-0.2, 0) is 16.1 Å². The van der Waals surface area contributed by atoms with Gasteiger partial charge >= 0.3 is 0 Å². The SMILES string of the molecule is COCC1(CNC(=O)CCn2ccnn2)CCNCC1.Cl. The molecule has 2 rings (SSSR count). The maximum atomic E-state index is 11.9. The number of hydrogen-bond donors (Lipinski definition) is 2. The van der Waals surface area contributed by atoms with Crippen LogP contribution < -0.4 is 10.6 Å². The number of amides is 1. The zero-order valence-electron chi connectivity index (χ0n) is 12.4. The fraction of sp³-hybridized carbons (Fsp3) is 0.769. The van der Waals surface area contributed by atoms with Crippen LogP contribution in [0.5, 0.6) is 0 Å². The lowest BCUT2D eigenvalue weighted by atomic mass is 9.79. The number of ether oxygens (including phenoxy) is 1. The second-order valence-electron chi connectivity index (χ2n) is 5.38. The van der Waals surface area contributed by atoms with Crippen LogP contribution in [-0.4, -0.2) is 54.3 Å². The predicted octanol–water partition coefficient (Wildman–Crippen LogP) is 0.222. The second kappa shape index (κ2) is 8.96. The Hall–Kier alpha value is -1.18. The smallest absolute Gasteiger partial charge is 0.221 e. The van der Waals surface area contributed by atoms with Gasteiger partial charge in [0.25, 0.3) is 0 Å². The number of methoxy groups -OCH3 is 1. The van der Waals surface area contributed by atoms with Gasteiger partial charge in [-0.3, -0.25) is 9.48 Å². The van der Waals surface area contributed by atoms with Crippen LogP contribution in [0.4, 0.5) is 0 Å². The molecule has 0 saturated carbocycles. The summed E-state index contributed by atoms with van der Waals surface area (Å²) in [5.41, 5.74) is 0.0723. The van der Waals surface area contributed by atoms with Gasteiger partial charge < -0.3 is 15.4 Å². The van der Waals surface area contributed by atoms with E-state index in [2.05, 4.69) is 20.9 Å². The van der Waals surface area contributed by atoms with Crippen LogP contribution in [0.25, 0.3) is 0 Å². The normalized spacial score (nSPS) is 17.0. The van der Waals surface area contributed by atoms with Gasteiger partial charge in [0.15, 0.2) is 0 Å². The third kappa shape index (κ3) is 5.61. The van der Waals surface area contributed by atoms with Gasteiger partial charge in [-0.15, -0.1) is 17.5 Å². The number of nitrogens with zero attached hydrogens (tertiary/aromatic N) is 3. The van der Waals surface area contributed by atoms with E-state index in [9.17, 15) is 4.79 Å². The molecular weight excluding hydrogens is 294 g/mol. The predicted molar refractivity (Wildman–Crippen MR) is 81.3 cm³/mol. The molecule has 0 aromatic carbocycles. The number of hydrogen-bond acceptors (Lipinski definition) is 5. The van der Waals surface area contributed by atoms with Crippen molar-refractivity contribution in [1.29, 1.82) is 0 Å². The minimum Gasteiger partial charge on any atom is -0.384 e. The highest BCUT2D eigenvalue weighted by Gasteiger charge is 2.32. The zero-order chi connectivity index (χ0) is 14.3. The number of carbonyl (C=O) groups is 1. The summed E-state index contributed by atoms with van der Waals surface area (Å²) in [7, 11) is 1.72. The van der Waals surface area contributed by atoms with Gasteiger partial charge in [-0.2, -0.15) is 0 Å². The van der Waals surface area contributed by atoms with Crippen molar-refractivity contribution in [2.45, 2.75) is 25.8 Å². The van der Waals surface area contributed by atoms with Crippen LogP contribution >= 0.6 is 12.4 Å². The van der Waals surface area contributed by atoms with Crippen LogP contribution in [0.3, 0.4) is 0 Å². The highest BCUT2D eigenvalue weighted by Crippen LogP contribution is 2.28. The molecule has 0 spiro atoms. The van der Waals surface area contributed by atoms with Gasteiger partial charge in [0.05, 0.1) is 19.3 Å². The summed E-state index contributed by atoms with van der Waals surface area (Å²) in [6.45, 7) is 3.90. The lowest BCUT2D eigenvalue weighted by Gasteiger charge is -2.37. The van der Waals surface area contributed by atoms with Gasteiger partial charge in [-0.1, -0.05) is 5.21 Å². The first-order valence-corrected chi connectivity index (χ1v) is 7.05. The van der Waals surface area contributed by atoms with Crippen molar-refractivity contribution in [3.05, 3.63) is 12.4 Å². The molecule has 2 heterocycles. The van der Waals surface area contributed by atoms with Crippen LogP contribution in [0.2, 0.25) is 0 Å². The molecule has 0 atom stereocenters. The maximum Gasteiger partial charge on any atom is 0.221 e. The maximum absolute atomic E-state index is 11.9. The highest BCUT2D eigenvalue weighted by atomic mass is 35.5. The first-order chi connectivity index (χ1) is 9.74. The number of halogens is 1. The monoisotopic (exact) mass is 317 g/mol. The average molecular weight is 318 g/mol. The Morgan fingerprint density at radius 1 is 1.48 bits per heavy atom. The van der Waals surface area contributed by atoms with Crippen LogP contribution in [0.1, 0.15) is 19.3 Å². The van der Waals surface area contributed by atoms with Gasteiger partial charge in [0.2, 0.25) is 5.91 Å². The number of aromatic nitrogens is 3. The van der Waals surface area contributed by atoms with Gasteiger partial charge in [-0.25, -0.2) is 0 Å². The van der Waals surface area contributed by atoms with Gasteiger partial charge in [0.1, 0.15) is 0 Å². The molecule has 7 nitrogen and oxygen atoms in total. The van der Waals surface area contributed by atoms with Crippen molar-refractivity contribution < 1.29 is 9.53 Å². The molecule has 8 heteroatoms. The number of piperidine rings is 1. The highest BCUT2D eigenvalue weighted by molar-refractivity contribution is 5.85. The topological polar surface area (TPSA) is 81.1 Å². The molecule has 0 aliphatic carbocycles. The van der Waals surface area contributed by atoms with Crippen molar-refractivity contribution in [2.24, 2.45) is 5.41 Å². The molecular formula is C13H24ClN5O2. The molecule has 0 bridgehead atoms. The van der Waals surface area contributed by atoms with Crippen molar-refractivity contribution in [3.8, 4) is 0 Å². The lowest BCUT2D eigenvalue weighted by Crippen LogP contribution is -2.47. The molecule has 0 radical (unpaired) electrons. The van der Waals surface area contributed by atoms with Crippen molar-refractivity contribution in [3.63, 3.8) is 0 Å². The standard InChI is InChI=1S/C13H23N5O2.ClH/c1-20-11-13(3-5-14-6-4-13)10-15-12(19)2-8-18-9-7-16-17-18;/h7,9,14H,2-6,8,10-11H2,1H3,(H,15,19);1H. The first kappa shape index (κ1) is 17.9. The molecule has 2 N–H and O–H groups in total.